The van der Waals surface area contributed by atoms with Gasteiger partial charge in [0.2, 0.25) is 0 Å². The van der Waals surface area contributed by atoms with Crippen LogP contribution in [-0.2, 0) is 22.5 Å². The number of rotatable bonds is 12. The van der Waals surface area contributed by atoms with Gasteiger partial charge in [0.05, 0.1) is 23.4 Å². The summed E-state index contributed by atoms with van der Waals surface area (Å²) in [6.45, 7) is 8.13. The number of anilines is 2. The van der Waals surface area contributed by atoms with Gasteiger partial charge in [-0.2, -0.15) is 13.2 Å². The van der Waals surface area contributed by atoms with E-state index in [0.717, 1.165) is 31.8 Å². The number of carbonyl (C=O) groups is 3. The lowest BCUT2D eigenvalue weighted by atomic mass is 9.94. The predicted octanol–water partition coefficient (Wildman–Crippen LogP) is 7.84. The van der Waals surface area contributed by atoms with Crippen molar-refractivity contribution in [1.82, 2.24) is 19.8 Å². The molecule has 2 aliphatic rings. The zero-order valence-electron chi connectivity index (χ0n) is 33.8. The van der Waals surface area contributed by atoms with Gasteiger partial charge < -0.3 is 24.4 Å². The van der Waals surface area contributed by atoms with Gasteiger partial charge in [0.25, 0.3) is 5.91 Å². The molecule has 1 amide bonds. The van der Waals surface area contributed by atoms with Crippen LogP contribution in [0.4, 0.5) is 24.1 Å². The fourth-order valence-electron chi connectivity index (χ4n) is 7.69. The number of carboxylic acid groups (broad SMARTS) is 1. The largest absolute Gasteiger partial charge is 0.493 e. The third kappa shape index (κ3) is 9.88. The minimum atomic E-state index is -4.55. The summed E-state index contributed by atoms with van der Waals surface area (Å²) in [6, 6.07) is 20.7. The van der Waals surface area contributed by atoms with E-state index < -0.39 is 36.3 Å². The molecule has 60 heavy (non-hydrogen) atoms. The van der Waals surface area contributed by atoms with Crippen LogP contribution in [0.3, 0.4) is 0 Å². The Labute approximate surface area is 349 Å². The standard InChI is InChI=1S/C44H47F3N6O6S/c1-27-29(11-8-14-34(27)58-23-9-19-51-21-22-52(26-38(54)55)36(25-51)44(45,46)47)30-16-17-37(49-39(30)41(57)59-43(2,3)4)53-20-18-28-10-7-12-31(32(28)24-53)40(56)50-42-48-33-13-5-6-15-35(33)60-42/h5-8,10-17,36H,9,18-26H2,1-4H3,(H,54,55)(H,48,50,56)/t36-/m0/s1. The van der Waals surface area contributed by atoms with E-state index in [1.54, 1.807) is 37.8 Å². The number of esters is 1. The number of para-hydroxylation sites is 1. The van der Waals surface area contributed by atoms with Crippen molar-refractivity contribution >= 4 is 50.3 Å². The quantitative estimate of drug-likeness (QED) is 0.0939. The second-order valence-electron chi connectivity index (χ2n) is 16.0. The van der Waals surface area contributed by atoms with Crippen molar-refractivity contribution in [2.45, 2.75) is 64.9 Å². The summed E-state index contributed by atoms with van der Waals surface area (Å²) in [4.78, 5) is 52.9. The number of halogens is 3. The Balaban J connectivity index is 1.08. The number of hydrogen-bond acceptors (Lipinski definition) is 11. The first-order valence-corrected chi connectivity index (χ1v) is 20.6. The van der Waals surface area contributed by atoms with Crippen LogP contribution < -0.4 is 15.0 Å². The van der Waals surface area contributed by atoms with E-state index in [-0.39, 0.29) is 31.3 Å². The highest BCUT2D eigenvalue weighted by molar-refractivity contribution is 7.22. The number of ether oxygens (including phenoxy) is 2. The lowest BCUT2D eigenvalue weighted by Gasteiger charge is -2.41. The topological polar surface area (TPSA) is 137 Å². The highest BCUT2D eigenvalue weighted by atomic mass is 32.1. The van der Waals surface area contributed by atoms with E-state index in [0.29, 0.717) is 72.4 Å². The molecule has 0 spiro atoms. The number of fused-ring (bicyclic) bond motifs is 2. The third-order valence-electron chi connectivity index (χ3n) is 10.6. The molecule has 2 N–H and O–H groups in total. The summed E-state index contributed by atoms with van der Waals surface area (Å²) >= 11 is 1.41. The lowest BCUT2D eigenvalue weighted by molar-refractivity contribution is -0.198. The van der Waals surface area contributed by atoms with Crippen LogP contribution in [-0.4, -0.2) is 106 Å². The summed E-state index contributed by atoms with van der Waals surface area (Å²) in [6.07, 6.45) is -3.45. The molecule has 0 radical (unpaired) electrons. The van der Waals surface area contributed by atoms with Crippen LogP contribution >= 0.6 is 11.3 Å². The van der Waals surface area contributed by atoms with Gasteiger partial charge in [-0.3, -0.25) is 19.8 Å². The maximum Gasteiger partial charge on any atom is 0.405 e. The average Bonchev–Trinajstić information content (AvgIpc) is 3.61. The van der Waals surface area contributed by atoms with Crippen LogP contribution in [0, 0.1) is 6.92 Å². The van der Waals surface area contributed by atoms with Gasteiger partial charge in [0, 0.05) is 50.4 Å². The van der Waals surface area contributed by atoms with E-state index in [1.807, 2.05) is 72.5 Å². The number of amides is 1. The van der Waals surface area contributed by atoms with Gasteiger partial charge in [-0.15, -0.1) is 0 Å². The van der Waals surface area contributed by atoms with Crippen molar-refractivity contribution in [1.29, 1.82) is 0 Å². The molecule has 3 aromatic carbocycles. The Morgan fingerprint density at radius 1 is 0.933 bits per heavy atom. The van der Waals surface area contributed by atoms with Crippen LogP contribution in [0.25, 0.3) is 21.3 Å². The smallest absolute Gasteiger partial charge is 0.405 e. The van der Waals surface area contributed by atoms with E-state index in [9.17, 15) is 27.6 Å². The summed E-state index contributed by atoms with van der Waals surface area (Å²) in [5.41, 5.74) is 4.59. The summed E-state index contributed by atoms with van der Waals surface area (Å²) in [5, 5.41) is 12.6. The number of piperazine rings is 1. The van der Waals surface area contributed by atoms with Crippen molar-refractivity contribution in [2.24, 2.45) is 0 Å². The second-order valence-corrected chi connectivity index (χ2v) is 17.0. The van der Waals surface area contributed by atoms with Crippen LogP contribution in [0.15, 0.2) is 72.8 Å². The number of hydrogen-bond donors (Lipinski definition) is 2. The van der Waals surface area contributed by atoms with Gasteiger partial charge in [-0.1, -0.05) is 47.7 Å². The SMILES string of the molecule is Cc1c(OCCCN2CCN(CC(=O)O)[C@H](C(F)(F)F)C2)cccc1-c1ccc(N2CCc3cccc(C(=O)Nc4nc5ccccc5s4)c3C2)nc1C(=O)OC(C)(C)C. The molecule has 0 bridgehead atoms. The fourth-order valence-corrected chi connectivity index (χ4v) is 8.55. The number of nitrogens with one attached hydrogen (secondary N) is 1. The molecule has 316 valence electrons. The Morgan fingerprint density at radius 2 is 1.72 bits per heavy atom. The molecule has 0 saturated carbocycles. The monoisotopic (exact) mass is 844 g/mol. The van der Waals surface area contributed by atoms with E-state index in [1.165, 1.54) is 11.3 Å². The Kier molecular flexibility index (Phi) is 12.5. The molecule has 0 unspecified atom stereocenters. The number of alkyl halides is 3. The molecule has 2 aromatic heterocycles. The zero-order valence-corrected chi connectivity index (χ0v) is 34.7. The highest BCUT2D eigenvalue weighted by Gasteiger charge is 2.46. The van der Waals surface area contributed by atoms with Gasteiger partial charge in [-0.05, 0) is 99.2 Å². The number of thiazole rings is 1. The predicted molar refractivity (Wildman–Crippen MR) is 224 cm³/mol. The van der Waals surface area contributed by atoms with Crippen molar-refractivity contribution in [3.8, 4) is 16.9 Å². The van der Waals surface area contributed by atoms with E-state index in [4.69, 9.17) is 19.6 Å². The summed E-state index contributed by atoms with van der Waals surface area (Å²) < 4.78 is 54.3. The molecule has 1 fully saturated rings. The minimum Gasteiger partial charge on any atom is -0.493 e. The Morgan fingerprint density at radius 3 is 2.47 bits per heavy atom. The molecule has 0 aliphatic carbocycles. The van der Waals surface area contributed by atoms with E-state index in [2.05, 4.69) is 10.3 Å². The molecule has 2 aliphatic heterocycles. The zero-order chi connectivity index (χ0) is 42.8. The number of benzene rings is 3. The Hall–Kier alpha value is -5.58. The lowest BCUT2D eigenvalue weighted by Crippen LogP contribution is -2.60. The molecule has 16 heteroatoms. The number of carboxylic acids is 1. The molecule has 1 saturated heterocycles. The molecule has 4 heterocycles. The van der Waals surface area contributed by atoms with Crippen molar-refractivity contribution in [2.75, 3.05) is 56.1 Å². The van der Waals surface area contributed by atoms with Gasteiger partial charge in [0.1, 0.15) is 23.2 Å². The van der Waals surface area contributed by atoms with Crippen molar-refractivity contribution in [3.63, 3.8) is 0 Å². The molecule has 5 aromatic rings. The molecule has 12 nitrogen and oxygen atoms in total. The number of pyridine rings is 1. The first-order valence-electron chi connectivity index (χ1n) is 19.8. The maximum absolute atomic E-state index is 13.9. The minimum absolute atomic E-state index is 0.000338. The van der Waals surface area contributed by atoms with Crippen molar-refractivity contribution < 1.29 is 42.1 Å². The number of carbonyl (C=O) groups excluding carboxylic acids is 2. The van der Waals surface area contributed by atoms with E-state index >= 15 is 0 Å². The summed E-state index contributed by atoms with van der Waals surface area (Å²) in [7, 11) is 0. The van der Waals surface area contributed by atoms with Crippen LogP contribution in [0.5, 0.6) is 5.75 Å². The highest BCUT2D eigenvalue weighted by Crippen LogP contribution is 2.36. The average molecular weight is 845 g/mol. The first-order chi connectivity index (χ1) is 28.5. The normalized spacial score (nSPS) is 16.4. The third-order valence-corrected chi connectivity index (χ3v) is 11.5. The molecular weight excluding hydrogens is 798 g/mol. The van der Waals surface area contributed by atoms with Crippen LogP contribution in [0.2, 0.25) is 0 Å². The van der Waals surface area contributed by atoms with Crippen LogP contribution in [0.1, 0.15) is 64.7 Å². The number of nitrogens with zero attached hydrogens (tertiary/aromatic N) is 5. The van der Waals surface area contributed by atoms with Gasteiger partial charge in [0.15, 0.2) is 10.8 Å². The second kappa shape index (κ2) is 17.6. The Bertz CT molecular complexity index is 2370. The first kappa shape index (κ1) is 42.5. The molecule has 1 atom stereocenters. The van der Waals surface area contributed by atoms with Crippen molar-refractivity contribution in [3.05, 3.63) is 101 Å². The fraction of sp³-hybridized carbons (Fsp3) is 0.386. The van der Waals surface area contributed by atoms with Gasteiger partial charge >= 0.3 is 18.1 Å². The molecule has 7 rings (SSSR count). The number of aromatic nitrogens is 2. The van der Waals surface area contributed by atoms with Gasteiger partial charge in [-0.25, -0.2) is 14.8 Å². The number of aliphatic carboxylic acids is 1. The summed E-state index contributed by atoms with van der Waals surface area (Å²) in [5.74, 6) is -1.04. The maximum atomic E-state index is 13.9. The molecular formula is C44H47F3N6O6S.